The van der Waals surface area contributed by atoms with E-state index in [2.05, 4.69) is 50.8 Å². The zero-order valence-electron chi connectivity index (χ0n) is 17.8. The van der Waals surface area contributed by atoms with Crippen LogP contribution in [0.1, 0.15) is 41.9 Å². The number of halogens is 1. The molecule has 1 amide bonds. The van der Waals surface area contributed by atoms with Gasteiger partial charge in [-0.15, -0.1) is 24.0 Å². The standard InChI is InChI=1S/C22H30N6O.HI/c1-23-22(28-10-8-19(16-28)20-13-25-26(2)15-20)24-12-17-5-3-6-18(11-17)14-27-9-4-7-21(27)29;/h3,5-6,11,13,15,19H,4,7-10,12,14,16H2,1-2H3,(H,23,24);1H. The molecule has 30 heavy (non-hydrogen) atoms. The predicted molar refractivity (Wildman–Crippen MR) is 129 cm³/mol. The van der Waals surface area contributed by atoms with E-state index in [4.69, 9.17) is 0 Å². The van der Waals surface area contributed by atoms with E-state index in [1.165, 1.54) is 16.7 Å². The van der Waals surface area contributed by atoms with Gasteiger partial charge in [-0.25, -0.2) is 0 Å². The summed E-state index contributed by atoms with van der Waals surface area (Å²) in [5, 5.41) is 7.81. The minimum Gasteiger partial charge on any atom is -0.352 e. The Kier molecular flexibility index (Phi) is 7.74. The van der Waals surface area contributed by atoms with Crippen LogP contribution in [0, 0.1) is 0 Å². The van der Waals surface area contributed by atoms with Crippen LogP contribution < -0.4 is 5.32 Å². The summed E-state index contributed by atoms with van der Waals surface area (Å²) in [7, 11) is 3.81. The van der Waals surface area contributed by atoms with Crippen molar-refractivity contribution in [3.05, 3.63) is 53.3 Å². The lowest BCUT2D eigenvalue weighted by molar-refractivity contribution is -0.128. The molecule has 1 aromatic carbocycles. The third-order valence-electron chi connectivity index (χ3n) is 5.88. The molecule has 2 aromatic rings. The van der Waals surface area contributed by atoms with Crippen molar-refractivity contribution in [1.82, 2.24) is 24.9 Å². The molecule has 2 aliphatic rings. The van der Waals surface area contributed by atoms with Gasteiger partial charge in [0, 0.05) is 65.4 Å². The van der Waals surface area contributed by atoms with Gasteiger partial charge in [-0.3, -0.25) is 14.5 Å². The summed E-state index contributed by atoms with van der Waals surface area (Å²) in [6.45, 7) is 4.27. The van der Waals surface area contributed by atoms with Gasteiger partial charge < -0.3 is 15.1 Å². The first-order valence-corrected chi connectivity index (χ1v) is 10.4. The molecule has 4 rings (SSSR count). The Morgan fingerprint density at radius 3 is 2.83 bits per heavy atom. The summed E-state index contributed by atoms with van der Waals surface area (Å²) in [5.41, 5.74) is 3.69. The SMILES string of the molecule is CN=C(NCc1cccc(CN2CCCC2=O)c1)N1CCC(c2cnn(C)c2)C1.I. The number of aliphatic imine (C=N–C) groups is 1. The summed E-state index contributed by atoms with van der Waals surface area (Å²) in [6.07, 6.45) is 6.87. The molecular weight excluding hydrogens is 491 g/mol. The summed E-state index contributed by atoms with van der Waals surface area (Å²) < 4.78 is 1.87. The van der Waals surface area contributed by atoms with Gasteiger partial charge in [0.15, 0.2) is 5.96 Å². The zero-order chi connectivity index (χ0) is 20.2. The Labute approximate surface area is 195 Å². The highest BCUT2D eigenvalue weighted by Gasteiger charge is 2.27. The van der Waals surface area contributed by atoms with Gasteiger partial charge in [-0.2, -0.15) is 5.10 Å². The van der Waals surface area contributed by atoms with Gasteiger partial charge in [0.05, 0.1) is 6.20 Å². The van der Waals surface area contributed by atoms with Crippen molar-refractivity contribution < 1.29 is 4.79 Å². The molecule has 0 bridgehead atoms. The number of hydrogen-bond donors (Lipinski definition) is 1. The lowest BCUT2D eigenvalue weighted by Crippen LogP contribution is -2.39. The Morgan fingerprint density at radius 1 is 1.30 bits per heavy atom. The normalized spacial score (nSPS) is 19.3. The van der Waals surface area contributed by atoms with Crippen LogP contribution in [0.15, 0.2) is 41.7 Å². The number of carbonyl (C=O) groups excluding carboxylic acids is 1. The molecule has 0 spiro atoms. The van der Waals surface area contributed by atoms with Gasteiger partial charge in [-0.1, -0.05) is 24.3 Å². The third-order valence-corrected chi connectivity index (χ3v) is 5.88. The number of rotatable bonds is 5. The average molecular weight is 522 g/mol. The zero-order valence-corrected chi connectivity index (χ0v) is 20.1. The lowest BCUT2D eigenvalue weighted by atomic mass is 10.0. The van der Waals surface area contributed by atoms with Gasteiger partial charge >= 0.3 is 0 Å². The summed E-state index contributed by atoms with van der Waals surface area (Å²) in [6, 6.07) is 8.49. The van der Waals surface area contributed by atoms with Crippen LogP contribution in [0.2, 0.25) is 0 Å². The topological polar surface area (TPSA) is 65.8 Å². The van der Waals surface area contributed by atoms with E-state index in [9.17, 15) is 4.79 Å². The highest BCUT2D eigenvalue weighted by atomic mass is 127. The van der Waals surface area contributed by atoms with E-state index in [1.807, 2.05) is 29.9 Å². The van der Waals surface area contributed by atoms with Gasteiger partial charge in [0.1, 0.15) is 0 Å². The number of nitrogens with zero attached hydrogens (tertiary/aromatic N) is 5. The first-order chi connectivity index (χ1) is 14.1. The fourth-order valence-corrected chi connectivity index (χ4v) is 4.32. The molecule has 1 aromatic heterocycles. The van der Waals surface area contributed by atoms with Crippen molar-refractivity contribution in [1.29, 1.82) is 0 Å². The van der Waals surface area contributed by atoms with Crippen molar-refractivity contribution in [3.8, 4) is 0 Å². The number of aryl methyl sites for hydroxylation is 1. The molecule has 0 radical (unpaired) electrons. The Bertz CT molecular complexity index is 895. The smallest absolute Gasteiger partial charge is 0.222 e. The van der Waals surface area contributed by atoms with E-state index in [0.717, 1.165) is 45.0 Å². The van der Waals surface area contributed by atoms with E-state index in [1.54, 1.807) is 0 Å². The van der Waals surface area contributed by atoms with Crippen LogP contribution >= 0.6 is 24.0 Å². The molecule has 1 N–H and O–H groups in total. The minimum absolute atomic E-state index is 0. The highest BCUT2D eigenvalue weighted by Crippen LogP contribution is 2.26. The molecule has 7 nitrogen and oxygen atoms in total. The quantitative estimate of drug-likeness (QED) is 0.373. The van der Waals surface area contributed by atoms with Gasteiger partial charge in [0.2, 0.25) is 5.91 Å². The number of hydrogen-bond acceptors (Lipinski definition) is 3. The first kappa shape index (κ1) is 22.6. The van der Waals surface area contributed by atoms with Crippen molar-refractivity contribution in [2.45, 2.75) is 38.3 Å². The predicted octanol–water partition coefficient (Wildman–Crippen LogP) is 2.73. The van der Waals surface area contributed by atoms with Gasteiger partial charge in [0.25, 0.3) is 0 Å². The maximum atomic E-state index is 11.9. The maximum Gasteiger partial charge on any atom is 0.222 e. The van der Waals surface area contributed by atoms with Crippen LogP contribution in [-0.2, 0) is 24.9 Å². The number of guanidine groups is 1. The van der Waals surface area contributed by atoms with E-state index >= 15 is 0 Å². The van der Waals surface area contributed by atoms with Crippen LogP contribution in [0.25, 0.3) is 0 Å². The van der Waals surface area contributed by atoms with Gasteiger partial charge in [-0.05, 0) is 29.5 Å². The number of benzene rings is 1. The second kappa shape index (κ2) is 10.3. The van der Waals surface area contributed by atoms with Crippen molar-refractivity contribution >= 4 is 35.8 Å². The third kappa shape index (κ3) is 5.33. The van der Waals surface area contributed by atoms with E-state index in [-0.39, 0.29) is 29.9 Å². The molecule has 8 heteroatoms. The Balaban J connectivity index is 0.00000256. The van der Waals surface area contributed by atoms with Crippen LogP contribution in [0.4, 0.5) is 0 Å². The monoisotopic (exact) mass is 522 g/mol. The van der Waals surface area contributed by atoms with E-state index in [0.29, 0.717) is 18.9 Å². The molecule has 1 unspecified atom stereocenters. The summed E-state index contributed by atoms with van der Waals surface area (Å²) in [5.74, 6) is 1.71. The number of nitrogens with one attached hydrogen (secondary N) is 1. The summed E-state index contributed by atoms with van der Waals surface area (Å²) >= 11 is 0. The second-order valence-electron chi connectivity index (χ2n) is 8.02. The fourth-order valence-electron chi connectivity index (χ4n) is 4.32. The molecule has 1 atom stereocenters. The minimum atomic E-state index is 0. The Hall–Kier alpha value is -2.10. The fraction of sp³-hybridized carbons (Fsp3) is 0.500. The molecule has 162 valence electrons. The average Bonchev–Trinajstić information content (AvgIpc) is 3.45. The maximum absolute atomic E-state index is 11.9. The first-order valence-electron chi connectivity index (χ1n) is 10.4. The van der Waals surface area contributed by atoms with Crippen LogP contribution in [-0.4, -0.2) is 58.1 Å². The molecule has 2 aliphatic heterocycles. The van der Waals surface area contributed by atoms with Crippen LogP contribution in [0.5, 0.6) is 0 Å². The number of aromatic nitrogens is 2. The highest BCUT2D eigenvalue weighted by molar-refractivity contribution is 14.0. The second-order valence-corrected chi connectivity index (χ2v) is 8.02. The number of likely N-dealkylation sites (tertiary alicyclic amines) is 2. The van der Waals surface area contributed by atoms with E-state index < -0.39 is 0 Å². The molecule has 0 saturated carbocycles. The summed E-state index contributed by atoms with van der Waals surface area (Å²) in [4.78, 5) is 20.7. The number of amides is 1. The lowest BCUT2D eigenvalue weighted by Gasteiger charge is -2.22. The van der Waals surface area contributed by atoms with Crippen molar-refractivity contribution in [3.63, 3.8) is 0 Å². The Morgan fingerprint density at radius 2 is 2.13 bits per heavy atom. The van der Waals surface area contributed by atoms with Crippen molar-refractivity contribution in [2.75, 3.05) is 26.7 Å². The number of carbonyl (C=O) groups is 1. The molecule has 3 heterocycles. The molecule has 0 aliphatic carbocycles. The molecule has 2 fully saturated rings. The molecule has 2 saturated heterocycles. The molecular formula is C22H31IN6O. The largest absolute Gasteiger partial charge is 0.352 e. The van der Waals surface area contributed by atoms with Crippen molar-refractivity contribution in [2.24, 2.45) is 12.0 Å². The van der Waals surface area contributed by atoms with Crippen LogP contribution in [0.3, 0.4) is 0 Å².